The van der Waals surface area contributed by atoms with E-state index in [2.05, 4.69) is 20.3 Å². The third-order valence-electron chi connectivity index (χ3n) is 4.80. The SMILES string of the molecule is COc1cccc2[nH]c(-c3cc(NC(=O)c4ccc(C(F)(F)F)nc4C)ccc3Cl)nc12. The van der Waals surface area contributed by atoms with Crippen molar-refractivity contribution in [2.75, 3.05) is 12.4 Å². The van der Waals surface area contributed by atoms with Crippen molar-refractivity contribution < 1.29 is 22.7 Å². The molecule has 0 aliphatic rings. The van der Waals surface area contributed by atoms with Gasteiger partial charge < -0.3 is 15.0 Å². The van der Waals surface area contributed by atoms with Crippen LogP contribution in [0.1, 0.15) is 21.7 Å². The zero-order chi connectivity index (χ0) is 23.0. The van der Waals surface area contributed by atoms with Crippen molar-refractivity contribution >= 4 is 34.2 Å². The van der Waals surface area contributed by atoms with E-state index in [0.29, 0.717) is 33.4 Å². The number of carbonyl (C=O) groups is 1. The number of hydrogen-bond acceptors (Lipinski definition) is 4. The molecule has 0 spiro atoms. The van der Waals surface area contributed by atoms with E-state index in [9.17, 15) is 18.0 Å². The first-order valence-electron chi connectivity index (χ1n) is 9.36. The Labute approximate surface area is 185 Å². The van der Waals surface area contributed by atoms with Crippen LogP contribution in [0.4, 0.5) is 18.9 Å². The van der Waals surface area contributed by atoms with E-state index in [1.165, 1.54) is 6.92 Å². The number of hydrogen-bond donors (Lipinski definition) is 2. The fraction of sp³-hybridized carbons (Fsp3) is 0.136. The summed E-state index contributed by atoms with van der Waals surface area (Å²) in [6.07, 6.45) is -4.58. The maximum Gasteiger partial charge on any atom is 0.433 e. The Kier molecular flexibility index (Phi) is 5.52. The molecule has 0 aliphatic carbocycles. The van der Waals surface area contributed by atoms with Crippen molar-refractivity contribution in [2.24, 2.45) is 0 Å². The third-order valence-corrected chi connectivity index (χ3v) is 5.13. The number of nitrogens with zero attached hydrogens (tertiary/aromatic N) is 2. The third kappa shape index (κ3) is 4.11. The van der Waals surface area contributed by atoms with Crippen molar-refractivity contribution in [3.63, 3.8) is 0 Å². The zero-order valence-electron chi connectivity index (χ0n) is 16.8. The summed E-state index contributed by atoms with van der Waals surface area (Å²) in [5.74, 6) is 0.470. The molecule has 0 atom stereocenters. The molecule has 1 amide bonds. The molecule has 0 radical (unpaired) electrons. The van der Waals surface area contributed by atoms with E-state index in [-0.39, 0.29) is 11.3 Å². The van der Waals surface area contributed by atoms with Crippen LogP contribution in [-0.4, -0.2) is 28.0 Å². The van der Waals surface area contributed by atoms with Crippen molar-refractivity contribution in [1.29, 1.82) is 0 Å². The molecule has 0 saturated heterocycles. The first kappa shape index (κ1) is 21.6. The van der Waals surface area contributed by atoms with Crippen LogP contribution in [0, 0.1) is 6.92 Å². The molecule has 2 aromatic heterocycles. The van der Waals surface area contributed by atoms with Crippen molar-refractivity contribution in [1.82, 2.24) is 15.0 Å². The van der Waals surface area contributed by atoms with Gasteiger partial charge in [-0.05, 0) is 49.4 Å². The van der Waals surface area contributed by atoms with E-state index in [0.717, 1.165) is 17.6 Å². The molecule has 0 saturated carbocycles. The summed E-state index contributed by atoms with van der Waals surface area (Å²) in [6, 6.07) is 12.1. The summed E-state index contributed by atoms with van der Waals surface area (Å²) in [5, 5.41) is 3.06. The lowest BCUT2D eigenvalue weighted by Crippen LogP contribution is -2.16. The number of methoxy groups -OCH3 is 1. The first-order chi connectivity index (χ1) is 15.2. The number of aryl methyl sites for hydroxylation is 1. The molecule has 6 nitrogen and oxygen atoms in total. The van der Waals surface area contributed by atoms with E-state index in [1.807, 2.05) is 12.1 Å². The zero-order valence-corrected chi connectivity index (χ0v) is 17.6. The number of fused-ring (bicyclic) bond motifs is 1. The lowest BCUT2D eigenvalue weighted by atomic mass is 10.1. The van der Waals surface area contributed by atoms with Gasteiger partial charge in [0.15, 0.2) is 0 Å². The molecule has 0 fully saturated rings. The van der Waals surface area contributed by atoms with Crippen molar-refractivity contribution in [2.45, 2.75) is 13.1 Å². The average Bonchev–Trinajstić information content (AvgIpc) is 3.18. The molecule has 2 aromatic carbocycles. The molecule has 10 heteroatoms. The summed E-state index contributed by atoms with van der Waals surface area (Å²) in [6.45, 7) is 1.35. The molecule has 2 N–H and O–H groups in total. The number of carbonyl (C=O) groups excluding carboxylic acids is 1. The molecular weight excluding hydrogens is 445 g/mol. The summed E-state index contributed by atoms with van der Waals surface area (Å²) in [4.78, 5) is 23.9. The lowest BCUT2D eigenvalue weighted by molar-refractivity contribution is -0.141. The topological polar surface area (TPSA) is 79.9 Å². The molecular formula is C22H16ClF3N4O2. The van der Waals surface area contributed by atoms with Gasteiger partial charge >= 0.3 is 6.18 Å². The van der Waals surface area contributed by atoms with Gasteiger partial charge in [-0.1, -0.05) is 17.7 Å². The molecule has 4 aromatic rings. The Balaban J connectivity index is 1.64. The molecule has 164 valence electrons. The first-order valence-corrected chi connectivity index (χ1v) is 9.74. The molecule has 0 bridgehead atoms. The van der Waals surface area contributed by atoms with E-state index >= 15 is 0 Å². The molecule has 32 heavy (non-hydrogen) atoms. The number of anilines is 1. The van der Waals surface area contributed by atoms with Crippen LogP contribution in [-0.2, 0) is 6.18 Å². The van der Waals surface area contributed by atoms with Crippen molar-refractivity contribution in [3.05, 3.63) is 70.5 Å². The van der Waals surface area contributed by atoms with Crippen LogP contribution >= 0.6 is 11.6 Å². The maximum absolute atomic E-state index is 12.8. The number of ether oxygens (including phenoxy) is 1. The van der Waals surface area contributed by atoms with Crippen LogP contribution in [0.3, 0.4) is 0 Å². The normalized spacial score (nSPS) is 11.6. The van der Waals surface area contributed by atoms with Gasteiger partial charge in [0.2, 0.25) is 0 Å². The van der Waals surface area contributed by atoms with Crippen LogP contribution in [0.15, 0.2) is 48.5 Å². The quantitative estimate of drug-likeness (QED) is 0.399. The van der Waals surface area contributed by atoms with Gasteiger partial charge in [0.1, 0.15) is 22.8 Å². The number of benzene rings is 2. The monoisotopic (exact) mass is 460 g/mol. The summed E-state index contributed by atoms with van der Waals surface area (Å²) >= 11 is 6.35. The second kappa shape index (κ2) is 8.16. The number of aromatic nitrogens is 3. The fourth-order valence-electron chi connectivity index (χ4n) is 3.24. The molecule has 0 aliphatic heterocycles. The van der Waals surface area contributed by atoms with Gasteiger partial charge in [0.25, 0.3) is 5.91 Å². The number of alkyl halides is 3. The number of rotatable bonds is 4. The largest absolute Gasteiger partial charge is 0.494 e. The van der Waals surface area contributed by atoms with Gasteiger partial charge in [-0.2, -0.15) is 13.2 Å². The number of pyridine rings is 1. The fourth-order valence-corrected chi connectivity index (χ4v) is 3.45. The summed E-state index contributed by atoms with van der Waals surface area (Å²) < 4.78 is 43.8. The van der Waals surface area contributed by atoms with Crippen LogP contribution in [0.5, 0.6) is 5.75 Å². The minimum atomic E-state index is -4.58. The molecule has 2 heterocycles. The predicted molar refractivity (Wildman–Crippen MR) is 115 cm³/mol. The Bertz CT molecular complexity index is 1330. The number of aromatic amines is 1. The Morgan fingerprint density at radius 1 is 1.12 bits per heavy atom. The number of imidazole rings is 1. The van der Waals surface area contributed by atoms with E-state index < -0.39 is 17.8 Å². The highest BCUT2D eigenvalue weighted by atomic mass is 35.5. The molecule has 4 rings (SSSR count). The maximum atomic E-state index is 12.8. The van der Waals surface area contributed by atoms with Crippen molar-refractivity contribution in [3.8, 4) is 17.1 Å². The standard InChI is InChI=1S/C22H16ClF3N4O2/c1-11-13(7-9-18(27-11)22(24,25)26)21(31)28-12-6-8-15(23)14(10-12)20-29-16-4-3-5-17(32-2)19(16)30-20/h3-10H,1-2H3,(H,28,31)(H,29,30). The van der Waals surface area contributed by atoms with Crippen LogP contribution in [0.2, 0.25) is 5.02 Å². The van der Waals surface area contributed by atoms with E-state index in [1.54, 1.807) is 31.4 Å². The van der Waals surface area contributed by atoms with Crippen LogP contribution in [0.25, 0.3) is 22.4 Å². The predicted octanol–water partition coefficient (Wildman–Crippen LogP) is 5.87. The Hall–Kier alpha value is -3.59. The number of nitrogens with one attached hydrogen (secondary N) is 2. The second-order valence-electron chi connectivity index (χ2n) is 6.92. The van der Waals surface area contributed by atoms with Gasteiger partial charge in [-0.3, -0.25) is 4.79 Å². The molecule has 0 unspecified atom stereocenters. The second-order valence-corrected chi connectivity index (χ2v) is 7.33. The van der Waals surface area contributed by atoms with Gasteiger partial charge in [-0.25, -0.2) is 9.97 Å². The minimum Gasteiger partial charge on any atom is -0.494 e. The summed E-state index contributed by atoms with van der Waals surface area (Å²) in [5.41, 5.74) is 1.24. The number of para-hydroxylation sites is 1. The highest BCUT2D eigenvalue weighted by Gasteiger charge is 2.33. The highest BCUT2D eigenvalue weighted by molar-refractivity contribution is 6.33. The van der Waals surface area contributed by atoms with Gasteiger partial charge in [0, 0.05) is 11.3 Å². The van der Waals surface area contributed by atoms with Crippen LogP contribution < -0.4 is 10.1 Å². The summed E-state index contributed by atoms with van der Waals surface area (Å²) in [7, 11) is 1.55. The highest BCUT2D eigenvalue weighted by Crippen LogP contribution is 2.33. The number of halogens is 4. The smallest absolute Gasteiger partial charge is 0.433 e. The van der Waals surface area contributed by atoms with Gasteiger partial charge in [0.05, 0.1) is 28.9 Å². The average molecular weight is 461 g/mol. The lowest BCUT2D eigenvalue weighted by Gasteiger charge is -2.11. The Morgan fingerprint density at radius 2 is 1.91 bits per heavy atom. The van der Waals surface area contributed by atoms with E-state index in [4.69, 9.17) is 16.3 Å². The van der Waals surface area contributed by atoms with Gasteiger partial charge in [-0.15, -0.1) is 0 Å². The number of amides is 1. The number of H-pyrrole nitrogens is 1. The Morgan fingerprint density at radius 3 is 2.59 bits per heavy atom. The minimum absolute atomic E-state index is 0.0305.